The van der Waals surface area contributed by atoms with Gasteiger partial charge in [-0.1, -0.05) is 18.2 Å². The van der Waals surface area contributed by atoms with Gasteiger partial charge in [0.25, 0.3) is 0 Å². The van der Waals surface area contributed by atoms with Gasteiger partial charge in [0.2, 0.25) is 0 Å². The zero-order chi connectivity index (χ0) is 21.6. The van der Waals surface area contributed by atoms with Gasteiger partial charge in [-0.3, -0.25) is 0 Å². The molecule has 3 aromatic rings. The second-order valence-corrected chi connectivity index (χ2v) is 7.78. The van der Waals surface area contributed by atoms with Gasteiger partial charge in [0.05, 0.1) is 18.8 Å². The molecule has 3 heterocycles. The molecule has 0 aliphatic carbocycles. The highest BCUT2D eigenvalue weighted by Gasteiger charge is 2.12. The van der Waals surface area contributed by atoms with Crippen molar-refractivity contribution in [1.29, 1.82) is 0 Å². The Kier molecular flexibility index (Phi) is 8.49. The van der Waals surface area contributed by atoms with E-state index in [4.69, 9.17) is 9.73 Å². The summed E-state index contributed by atoms with van der Waals surface area (Å²) >= 11 is 0. The molecule has 1 aliphatic rings. The summed E-state index contributed by atoms with van der Waals surface area (Å²) in [6.45, 7) is 9.09. The van der Waals surface area contributed by atoms with E-state index in [0.717, 1.165) is 67.0 Å². The van der Waals surface area contributed by atoms with Gasteiger partial charge in [0.15, 0.2) is 11.8 Å². The van der Waals surface area contributed by atoms with Crippen LogP contribution in [-0.2, 0) is 19.4 Å². The Hall–Kier alpha value is -2.62. The molecule has 0 amide bonds. The predicted octanol–water partition coefficient (Wildman–Crippen LogP) is 3.73. The monoisotopic (exact) mass is 546 g/mol. The number of guanidine groups is 1. The van der Waals surface area contributed by atoms with Gasteiger partial charge in [-0.15, -0.1) is 24.0 Å². The Morgan fingerprint density at radius 1 is 1.12 bits per heavy atom. The Labute approximate surface area is 206 Å². The maximum absolute atomic E-state index is 5.59. The van der Waals surface area contributed by atoms with Crippen molar-refractivity contribution in [2.75, 3.05) is 19.7 Å². The largest absolute Gasteiger partial charge is 0.493 e. The van der Waals surface area contributed by atoms with Crippen LogP contribution in [0.1, 0.15) is 35.0 Å². The Morgan fingerprint density at radius 3 is 2.69 bits per heavy atom. The highest BCUT2D eigenvalue weighted by Crippen LogP contribution is 2.25. The SMILES string of the molecule is CCNC(=NCc1ccc(-n2nc(C)cc2C)nc1)NCCc1ccc2c(c1)CCO2.I. The average molecular weight is 546 g/mol. The smallest absolute Gasteiger partial charge is 0.191 e. The zero-order valence-corrected chi connectivity index (χ0v) is 21.2. The van der Waals surface area contributed by atoms with Crippen molar-refractivity contribution in [3.05, 3.63) is 70.7 Å². The molecule has 0 unspecified atom stereocenters. The van der Waals surface area contributed by atoms with Crippen LogP contribution in [-0.4, -0.2) is 40.4 Å². The van der Waals surface area contributed by atoms with Gasteiger partial charge < -0.3 is 15.4 Å². The van der Waals surface area contributed by atoms with Crippen LogP contribution in [0.4, 0.5) is 0 Å². The highest BCUT2D eigenvalue weighted by molar-refractivity contribution is 14.0. The lowest BCUT2D eigenvalue weighted by Crippen LogP contribution is -2.38. The average Bonchev–Trinajstić information content (AvgIpc) is 3.37. The number of aryl methyl sites for hydroxylation is 2. The molecular formula is C24H31IN6O. The van der Waals surface area contributed by atoms with Crippen LogP contribution in [0.2, 0.25) is 0 Å². The van der Waals surface area contributed by atoms with Crippen molar-refractivity contribution in [2.45, 2.75) is 40.2 Å². The summed E-state index contributed by atoms with van der Waals surface area (Å²) in [7, 11) is 0. The Morgan fingerprint density at radius 2 is 1.97 bits per heavy atom. The number of rotatable bonds is 7. The van der Waals surface area contributed by atoms with E-state index < -0.39 is 0 Å². The quantitative estimate of drug-likeness (QED) is 0.269. The molecule has 0 radical (unpaired) electrons. The van der Waals surface area contributed by atoms with Gasteiger partial charge in [-0.05, 0) is 62.1 Å². The van der Waals surface area contributed by atoms with E-state index in [1.54, 1.807) is 0 Å². The first kappa shape index (κ1) is 24.0. The number of aliphatic imine (C=N–C) groups is 1. The normalized spacial score (nSPS) is 12.7. The number of hydrogen-bond acceptors (Lipinski definition) is 4. The lowest BCUT2D eigenvalue weighted by molar-refractivity contribution is 0.357. The van der Waals surface area contributed by atoms with E-state index >= 15 is 0 Å². The number of hydrogen-bond donors (Lipinski definition) is 2. The summed E-state index contributed by atoms with van der Waals surface area (Å²) in [6.07, 6.45) is 3.81. The third-order valence-electron chi connectivity index (χ3n) is 5.26. The first-order valence-corrected chi connectivity index (χ1v) is 10.9. The summed E-state index contributed by atoms with van der Waals surface area (Å²) in [5.74, 6) is 2.67. The number of fused-ring (bicyclic) bond motifs is 1. The molecule has 0 fully saturated rings. The van der Waals surface area contributed by atoms with E-state index in [-0.39, 0.29) is 24.0 Å². The highest BCUT2D eigenvalue weighted by atomic mass is 127. The lowest BCUT2D eigenvalue weighted by atomic mass is 10.1. The standard InChI is InChI=1S/C24H30N6O.HI/c1-4-25-24(26-11-9-19-5-7-22-21(14-19)10-12-31-22)28-16-20-6-8-23(27-15-20)30-18(3)13-17(2)29-30;/h5-8,13-15H,4,9-12,16H2,1-3H3,(H2,25,26,28);1H. The minimum atomic E-state index is 0. The fraction of sp³-hybridized carbons (Fsp3) is 0.375. The maximum atomic E-state index is 5.59. The Bertz CT molecular complexity index is 1060. The van der Waals surface area contributed by atoms with Crippen LogP contribution in [0.5, 0.6) is 5.75 Å². The van der Waals surface area contributed by atoms with Crippen molar-refractivity contribution in [3.8, 4) is 11.6 Å². The number of benzene rings is 1. The van der Waals surface area contributed by atoms with Crippen LogP contribution in [0.25, 0.3) is 5.82 Å². The predicted molar refractivity (Wildman–Crippen MR) is 138 cm³/mol. The van der Waals surface area contributed by atoms with Crippen LogP contribution < -0.4 is 15.4 Å². The third-order valence-corrected chi connectivity index (χ3v) is 5.26. The topological polar surface area (TPSA) is 76.4 Å². The van der Waals surface area contributed by atoms with Gasteiger partial charge >= 0.3 is 0 Å². The molecule has 2 N–H and O–H groups in total. The molecule has 2 aromatic heterocycles. The van der Waals surface area contributed by atoms with Gasteiger partial charge in [0, 0.05) is 31.4 Å². The van der Waals surface area contributed by atoms with Gasteiger partial charge in [-0.25, -0.2) is 14.7 Å². The first-order chi connectivity index (χ1) is 15.1. The number of aromatic nitrogens is 3. The number of nitrogens with one attached hydrogen (secondary N) is 2. The molecule has 1 aromatic carbocycles. The minimum Gasteiger partial charge on any atom is -0.493 e. The molecule has 4 rings (SSSR count). The van der Waals surface area contributed by atoms with Gasteiger partial charge in [-0.2, -0.15) is 5.10 Å². The van der Waals surface area contributed by atoms with E-state index in [0.29, 0.717) is 6.54 Å². The molecule has 1 aliphatic heterocycles. The molecular weight excluding hydrogens is 515 g/mol. The molecule has 0 spiro atoms. The first-order valence-electron chi connectivity index (χ1n) is 10.9. The molecule has 170 valence electrons. The zero-order valence-electron chi connectivity index (χ0n) is 18.9. The van der Waals surface area contributed by atoms with Crippen molar-refractivity contribution in [3.63, 3.8) is 0 Å². The number of pyridine rings is 1. The second-order valence-electron chi connectivity index (χ2n) is 7.78. The third kappa shape index (κ3) is 5.99. The molecule has 0 atom stereocenters. The molecule has 32 heavy (non-hydrogen) atoms. The second kappa shape index (κ2) is 11.3. The molecule has 8 heteroatoms. The lowest BCUT2D eigenvalue weighted by Gasteiger charge is -2.12. The number of halogens is 1. The molecule has 7 nitrogen and oxygen atoms in total. The van der Waals surface area contributed by atoms with Crippen molar-refractivity contribution < 1.29 is 4.74 Å². The van der Waals surface area contributed by atoms with E-state index in [1.807, 2.05) is 36.9 Å². The number of nitrogens with zero attached hydrogens (tertiary/aromatic N) is 4. The van der Waals surface area contributed by atoms with Crippen LogP contribution in [0, 0.1) is 13.8 Å². The fourth-order valence-electron chi connectivity index (χ4n) is 3.73. The van der Waals surface area contributed by atoms with Crippen molar-refractivity contribution >= 4 is 29.9 Å². The molecule has 0 bridgehead atoms. The van der Waals surface area contributed by atoms with Crippen molar-refractivity contribution in [2.24, 2.45) is 4.99 Å². The summed E-state index contributed by atoms with van der Waals surface area (Å²) in [5, 5.41) is 11.2. The van der Waals surface area contributed by atoms with Crippen molar-refractivity contribution in [1.82, 2.24) is 25.4 Å². The van der Waals surface area contributed by atoms with E-state index in [9.17, 15) is 0 Å². The summed E-state index contributed by atoms with van der Waals surface area (Å²) in [6, 6.07) is 12.6. The summed E-state index contributed by atoms with van der Waals surface area (Å²) < 4.78 is 7.45. The Balaban J connectivity index is 0.00000289. The summed E-state index contributed by atoms with van der Waals surface area (Å²) in [4.78, 5) is 9.27. The van der Waals surface area contributed by atoms with Crippen LogP contribution in [0.3, 0.4) is 0 Å². The summed E-state index contributed by atoms with van der Waals surface area (Å²) in [5.41, 5.74) is 5.75. The van der Waals surface area contributed by atoms with Crippen LogP contribution >= 0.6 is 24.0 Å². The minimum absolute atomic E-state index is 0. The van der Waals surface area contributed by atoms with E-state index in [2.05, 4.69) is 51.9 Å². The van der Waals surface area contributed by atoms with Gasteiger partial charge in [0.1, 0.15) is 5.75 Å². The van der Waals surface area contributed by atoms with E-state index in [1.165, 1.54) is 11.1 Å². The number of ether oxygens (including phenoxy) is 1. The molecule has 0 saturated heterocycles. The van der Waals surface area contributed by atoms with Crippen LogP contribution in [0.15, 0.2) is 47.6 Å². The molecule has 0 saturated carbocycles. The fourth-order valence-corrected chi connectivity index (χ4v) is 3.73. The maximum Gasteiger partial charge on any atom is 0.191 e.